The van der Waals surface area contributed by atoms with E-state index in [2.05, 4.69) is 12.2 Å². The molecule has 2 aromatic rings. The molecule has 23 heavy (non-hydrogen) atoms. The number of carbonyl (C=O) groups is 1. The SMILES string of the molecule is CCCC(NC(=O)/C=C/c1ccccc1OC)c1ccccc1. The van der Waals surface area contributed by atoms with Crippen molar-refractivity contribution >= 4 is 12.0 Å². The summed E-state index contributed by atoms with van der Waals surface area (Å²) in [6.45, 7) is 2.12. The van der Waals surface area contributed by atoms with Gasteiger partial charge in [0.1, 0.15) is 5.75 Å². The monoisotopic (exact) mass is 309 g/mol. The number of benzene rings is 2. The number of ether oxygens (including phenoxy) is 1. The van der Waals surface area contributed by atoms with Crippen LogP contribution in [0.1, 0.15) is 36.9 Å². The van der Waals surface area contributed by atoms with Crippen molar-refractivity contribution in [3.8, 4) is 5.75 Å². The molecule has 0 fully saturated rings. The highest BCUT2D eigenvalue weighted by molar-refractivity contribution is 5.92. The van der Waals surface area contributed by atoms with Crippen LogP contribution >= 0.6 is 0 Å². The van der Waals surface area contributed by atoms with Crippen LogP contribution in [0.4, 0.5) is 0 Å². The highest BCUT2D eigenvalue weighted by Crippen LogP contribution is 2.20. The first kappa shape index (κ1) is 16.8. The molecule has 0 spiro atoms. The average molecular weight is 309 g/mol. The predicted octanol–water partition coefficient (Wildman–Crippen LogP) is 4.37. The Morgan fingerprint density at radius 3 is 2.52 bits per heavy atom. The van der Waals surface area contributed by atoms with Crippen LogP contribution in [0.3, 0.4) is 0 Å². The summed E-state index contributed by atoms with van der Waals surface area (Å²) >= 11 is 0. The Balaban J connectivity index is 2.06. The fourth-order valence-electron chi connectivity index (χ4n) is 2.49. The van der Waals surface area contributed by atoms with Crippen LogP contribution < -0.4 is 10.1 Å². The lowest BCUT2D eigenvalue weighted by Gasteiger charge is -2.17. The van der Waals surface area contributed by atoms with Gasteiger partial charge < -0.3 is 10.1 Å². The maximum Gasteiger partial charge on any atom is 0.244 e. The summed E-state index contributed by atoms with van der Waals surface area (Å²) in [6, 6.07) is 17.7. The number of methoxy groups -OCH3 is 1. The van der Waals surface area contributed by atoms with Crippen molar-refractivity contribution in [2.75, 3.05) is 7.11 Å². The lowest BCUT2D eigenvalue weighted by atomic mass is 10.0. The van der Waals surface area contributed by atoms with E-state index in [1.54, 1.807) is 19.3 Å². The van der Waals surface area contributed by atoms with Gasteiger partial charge in [-0.15, -0.1) is 0 Å². The Morgan fingerprint density at radius 1 is 1.13 bits per heavy atom. The Kier molecular flexibility index (Phi) is 6.42. The van der Waals surface area contributed by atoms with Crippen molar-refractivity contribution < 1.29 is 9.53 Å². The molecular weight excluding hydrogens is 286 g/mol. The molecule has 1 unspecified atom stereocenters. The lowest BCUT2D eigenvalue weighted by molar-refractivity contribution is -0.117. The molecule has 1 atom stereocenters. The van der Waals surface area contributed by atoms with E-state index in [1.807, 2.05) is 54.6 Å². The molecule has 0 saturated heterocycles. The summed E-state index contributed by atoms with van der Waals surface area (Å²) in [6.07, 6.45) is 5.26. The van der Waals surface area contributed by atoms with Crippen LogP contribution in [0, 0.1) is 0 Å². The van der Waals surface area contributed by atoms with E-state index >= 15 is 0 Å². The fourth-order valence-corrected chi connectivity index (χ4v) is 2.49. The minimum Gasteiger partial charge on any atom is -0.496 e. The van der Waals surface area contributed by atoms with Crippen molar-refractivity contribution in [3.63, 3.8) is 0 Å². The van der Waals surface area contributed by atoms with Gasteiger partial charge in [0.15, 0.2) is 0 Å². The van der Waals surface area contributed by atoms with Crippen molar-refractivity contribution in [2.24, 2.45) is 0 Å². The highest BCUT2D eigenvalue weighted by Gasteiger charge is 2.11. The standard InChI is InChI=1S/C20H23NO2/c1-3-9-18(16-10-5-4-6-11-16)21-20(22)15-14-17-12-7-8-13-19(17)23-2/h4-8,10-15,18H,3,9H2,1-2H3,(H,21,22)/b15-14+. The molecule has 120 valence electrons. The lowest BCUT2D eigenvalue weighted by Crippen LogP contribution is -2.26. The Morgan fingerprint density at radius 2 is 1.83 bits per heavy atom. The van der Waals surface area contributed by atoms with Crippen molar-refractivity contribution in [3.05, 3.63) is 71.8 Å². The molecule has 2 aromatic carbocycles. The number of para-hydroxylation sites is 1. The summed E-state index contributed by atoms with van der Waals surface area (Å²) < 4.78 is 5.28. The maximum atomic E-state index is 12.2. The molecule has 0 saturated carbocycles. The van der Waals surface area contributed by atoms with Crippen LogP contribution in [0.25, 0.3) is 6.08 Å². The fraction of sp³-hybridized carbons (Fsp3) is 0.250. The zero-order valence-electron chi connectivity index (χ0n) is 13.7. The minimum atomic E-state index is -0.0989. The maximum absolute atomic E-state index is 12.2. The molecule has 0 heterocycles. The van der Waals surface area contributed by atoms with E-state index in [0.717, 1.165) is 29.7 Å². The summed E-state index contributed by atoms with van der Waals surface area (Å²) in [4.78, 5) is 12.2. The van der Waals surface area contributed by atoms with E-state index in [4.69, 9.17) is 4.74 Å². The molecule has 0 aliphatic rings. The molecule has 3 heteroatoms. The van der Waals surface area contributed by atoms with Crippen LogP contribution in [0.2, 0.25) is 0 Å². The van der Waals surface area contributed by atoms with Crippen molar-refractivity contribution in [1.29, 1.82) is 0 Å². The molecule has 1 N–H and O–H groups in total. The number of rotatable bonds is 7. The number of hydrogen-bond acceptors (Lipinski definition) is 2. The Hall–Kier alpha value is -2.55. The molecule has 2 rings (SSSR count). The molecular formula is C20H23NO2. The number of hydrogen-bond donors (Lipinski definition) is 1. The number of carbonyl (C=O) groups excluding carboxylic acids is 1. The molecule has 0 aliphatic heterocycles. The van der Waals surface area contributed by atoms with Gasteiger partial charge in [-0.05, 0) is 24.1 Å². The van der Waals surface area contributed by atoms with Crippen molar-refractivity contribution in [1.82, 2.24) is 5.32 Å². The van der Waals surface area contributed by atoms with Gasteiger partial charge in [0, 0.05) is 11.6 Å². The van der Waals surface area contributed by atoms with Gasteiger partial charge in [0.25, 0.3) is 0 Å². The van der Waals surface area contributed by atoms with Gasteiger partial charge in [-0.25, -0.2) is 0 Å². The molecule has 0 aromatic heterocycles. The molecule has 0 radical (unpaired) electrons. The second-order valence-corrected chi connectivity index (χ2v) is 5.34. The summed E-state index contributed by atoms with van der Waals surface area (Å²) in [5.41, 5.74) is 2.02. The largest absolute Gasteiger partial charge is 0.496 e. The first-order valence-electron chi connectivity index (χ1n) is 7.91. The van der Waals surface area contributed by atoms with Crippen molar-refractivity contribution in [2.45, 2.75) is 25.8 Å². The second-order valence-electron chi connectivity index (χ2n) is 5.34. The van der Waals surface area contributed by atoms with Gasteiger partial charge in [-0.3, -0.25) is 4.79 Å². The normalized spacial score (nSPS) is 12.1. The van der Waals surface area contributed by atoms with E-state index < -0.39 is 0 Å². The minimum absolute atomic E-state index is 0.0380. The summed E-state index contributed by atoms with van der Waals surface area (Å²) in [5, 5.41) is 3.08. The van der Waals surface area contributed by atoms with Crippen LogP contribution in [-0.2, 0) is 4.79 Å². The molecule has 3 nitrogen and oxygen atoms in total. The van der Waals surface area contributed by atoms with Gasteiger partial charge in [0.2, 0.25) is 5.91 Å². The van der Waals surface area contributed by atoms with E-state index in [-0.39, 0.29) is 11.9 Å². The van der Waals surface area contributed by atoms with Gasteiger partial charge >= 0.3 is 0 Å². The van der Waals surface area contributed by atoms with Crippen LogP contribution in [0.15, 0.2) is 60.7 Å². The van der Waals surface area contributed by atoms with E-state index in [0.29, 0.717) is 0 Å². The van der Waals surface area contributed by atoms with Gasteiger partial charge in [0.05, 0.1) is 13.2 Å². The zero-order chi connectivity index (χ0) is 16.5. The van der Waals surface area contributed by atoms with E-state index in [1.165, 1.54) is 0 Å². The highest BCUT2D eigenvalue weighted by atomic mass is 16.5. The Bertz CT molecular complexity index is 650. The topological polar surface area (TPSA) is 38.3 Å². The first-order valence-corrected chi connectivity index (χ1v) is 7.91. The van der Waals surface area contributed by atoms with E-state index in [9.17, 15) is 4.79 Å². The number of amides is 1. The third-order valence-corrected chi connectivity index (χ3v) is 3.65. The zero-order valence-corrected chi connectivity index (χ0v) is 13.7. The van der Waals surface area contributed by atoms with Gasteiger partial charge in [-0.2, -0.15) is 0 Å². The van der Waals surface area contributed by atoms with Crippen LogP contribution in [0.5, 0.6) is 5.75 Å². The third-order valence-electron chi connectivity index (χ3n) is 3.65. The summed E-state index contributed by atoms with van der Waals surface area (Å²) in [7, 11) is 1.62. The number of nitrogens with one attached hydrogen (secondary N) is 1. The second kappa shape index (κ2) is 8.79. The summed E-state index contributed by atoms with van der Waals surface area (Å²) in [5.74, 6) is 0.655. The quantitative estimate of drug-likeness (QED) is 0.771. The Labute approximate surface area is 138 Å². The third kappa shape index (κ3) is 4.99. The molecule has 0 bridgehead atoms. The van der Waals surface area contributed by atoms with Crippen LogP contribution in [-0.4, -0.2) is 13.0 Å². The first-order chi connectivity index (χ1) is 11.2. The average Bonchev–Trinajstić information content (AvgIpc) is 2.60. The molecule has 0 aliphatic carbocycles. The van der Waals surface area contributed by atoms with Gasteiger partial charge in [-0.1, -0.05) is 61.9 Å². The molecule has 1 amide bonds. The smallest absolute Gasteiger partial charge is 0.244 e. The predicted molar refractivity (Wildman–Crippen MR) is 94.3 cm³/mol.